The van der Waals surface area contributed by atoms with E-state index in [-0.39, 0.29) is 11.7 Å². The highest BCUT2D eigenvalue weighted by molar-refractivity contribution is 14.1. The van der Waals surface area contributed by atoms with Crippen LogP contribution in [-0.2, 0) is 4.79 Å². The monoisotopic (exact) mass is 541 g/mol. The second-order valence-electron chi connectivity index (χ2n) is 4.32. The van der Waals surface area contributed by atoms with E-state index < -0.39 is 5.97 Å². The highest BCUT2D eigenvalue weighted by Crippen LogP contribution is 2.29. The lowest BCUT2D eigenvalue weighted by Gasteiger charge is -2.12. The van der Waals surface area contributed by atoms with Crippen molar-refractivity contribution < 1.29 is 14.3 Å². The predicted octanol–water partition coefficient (Wildman–Crippen LogP) is 4.73. The number of amides is 1. The number of hydrogen-bond acceptors (Lipinski definition) is 3. The number of halogens is 3. The van der Waals surface area contributed by atoms with Gasteiger partial charge in [0, 0.05) is 21.2 Å². The number of rotatable bonds is 3. The number of esters is 1. The quantitative estimate of drug-likeness (QED) is 0.348. The number of carbonyl (C=O) groups is 2. The molecule has 0 saturated heterocycles. The van der Waals surface area contributed by atoms with Crippen LogP contribution < -0.4 is 10.1 Å². The van der Waals surface area contributed by atoms with E-state index in [0.29, 0.717) is 19.8 Å². The number of carbonyl (C=O) groups excluding carboxylic acids is 2. The molecule has 114 valence electrons. The lowest BCUT2D eigenvalue weighted by molar-refractivity contribution is -0.131. The fraction of sp³-hybridized carbons (Fsp3) is 0.0667. The highest BCUT2D eigenvalue weighted by atomic mass is 127. The van der Waals surface area contributed by atoms with Gasteiger partial charge in [0.05, 0.1) is 9.13 Å². The molecule has 4 nitrogen and oxygen atoms in total. The average molecular weight is 542 g/mol. The Balaban J connectivity index is 2.37. The van der Waals surface area contributed by atoms with Crippen LogP contribution in [0.15, 0.2) is 36.4 Å². The molecule has 0 saturated carbocycles. The average Bonchev–Trinajstić information content (AvgIpc) is 2.41. The standard InChI is InChI=1S/C15H10ClI2NO3/c1-8(20)22-14-12(6-10(17)7-13(14)18)15(21)19-11-4-2-3-9(16)5-11/h2-7H,1H3,(H,19,21). The van der Waals surface area contributed by atoms with Crippen LogP contribution in [-0.4, -0.2) is 11.9 Å². The summed E-state index contributed by atoms with van der Waals surface area (Å²) >= 11 is 10.0. The van der Waals surface area contributed by atoms with Crippen LogP contribution in [0.3, 0.4) is 0 Å². The lowest BCUT2D eigenvalue weighted by atomic mass is 10.2. The first-order valence-corrected chi connectivity index (χ1v) is 8.64. The van der Waals surface area contributed by atoms with Gasteiger partial charge in [-0.15, -0.1) is 0 Å². The van der Waals surface area contributed by atoms with Crippen LogP contribution in [0, 0.1) is 7.14 Å². The van der Waals surface area contributed by atoms with Crippen molar-refractivity contribution in [1.29, 1.82) is 0 Å². The molecule has 0 aliphatic rings. The fourth-order valence-corrected chi connectivity index (χ4v) is 3.89. The van der Waals surface area contributed by atoms with Gasteiger partial charge >= 0.3 is 5.97 Å². The smallest absolute Gasteiger partial charge is 0.308 e. The molecule has 1 amide bonds. The molecular weight excluding hydrogens is 531 g/mol. The van der Waals surface area contributed by atoms with Crippen LogP contribution in [0.5, 0.6) is 5.75 Å². The number of anilines is 1. The summed E-state index contributed by atoms with van der Waals surface area (Å²) in [5.74, 6) is -0.584. The Morgan fingerprint density at radius 3 is 2.55 bits per heavy atom. The van der Waals surface area contributed by atoms with Gasteiger partial charge in [-0.1, -0.05) is 17.7 Å². The van der Waals surface area contributed by atoms with Crippen molar-refractivity contribution in [2.24, 2.45) is 0 Å². The Morgan fingerprint density at radius 1 is 1.18 bits per heavy atom. The van der Waals surface area contributed by atoms with Crippen LogP contribution in [0.25, 0.3) is 0 Å². The summed E-state index contributed by atoms with van der Waals surface area (Å²) in [6, 6.07) is 10.3. The second kappa shape index (κ2) is 7.60. The topological polar surface area (TPSA) is 55.4 Å². The minimum Gasteiger partial charge on any atom is -0.425 e. The van der Waals surface area contributed by atoms with Gasteiger partial charge in [-0.25, -0.2) is 0 Å². The zero-order chi connectivity index (χ0) is 16.3. The molecule has 0 aliphatic heterocycles. The summed E-state index contributed by atoms with van der Waals surface area (Å²) in [7, 11) is 0. The van der Waals surface area contributed by atoms with E-state index in [4.69, 9.17) is 16.3 Å². The minimum atomic E-state index is -0.476. The summed E-state index contributed by atoms with van der Waals surface area (Å²) in [5, 5.41) is 3.27. The second-order valence-corrected chi connectivity index (χ2v) is 7.17. The van der Waals surface area contributed by atoms with Crippen molar-refractivity contribution >= 4 is 74.3 Å². The van der Waals surface area contributed by atoms with Crippen molar-refractivity contribution in [2.75, 3.05) is 5.32 Å². The normalized spacial score (nSPS) is 10.2. The third kappa shape index (κ3) is 4.56. The summed E-state index contributed by atoms with van der Waals surface area (Å²) in [4.78, 5) is 23.7. The number of ether oxygens (including phenoxy) is 1. The predicted molar refractivity (Wildman–Crippen MR) is 103 cm³/mol. The first-order valence-electron chi connectivity index (χ1n) is 6.11. The lowest BCUT2D eigenvalue weighted by Crippen LogP contribution is -2.16. The van der Waals surface area contributed by atoms with E-state index in [9.17, 15) is 9.59 Å². The van der Waals surface area contributed by atoms with E-state index >= 15 is 0 Å². The zero-order valence-electron chi connectivity index (χ0n) is 11.3. The number of nitrogens with one attached hydrogen (secondary N) is 1. The van der Waals surface area contributed by atoms with E-state index in [0.717, 1.165) is 3.57 Å². The van der Waals surface area contributed by atoms with Crippen molar-refractivity contribution in [2.45, 2.75) is 6.92 Å². The van der Waals surface area contributed by atoms with Crippen molar-refractivity contribution in [3.05, 3.63) is 54.1 Å². The molecule has 0 heterocycles. The van der Waals surface area contributed by atoms with Gasteiger partial charge < -0.3 is 10.1 Å². The zero-order valence-corrected chi connectivity index (χ0v) is 16.4. The molecule has 0 bridgehead atoms. The molecular formula is C15H10ClI2NO3. The van der Waals surface area contributed by atoms with Gasteiger partial charge in [0.2, 0.25) is 0 Å². The molecule has 22 heavy (non-hydrogen) atoms. The van der Waals surface area contributed by atoms with Crippen molar-refractivity contribution in [3.8, 4) is 5.75 Å². The summed E-state index contributed by atoms with van der Waals surface area (Å²) in [6.45, 7) is 1.30. The van der Waals surface area contributed by atoms with E-state index in [1.807, 2.05) is 28.7 Å². The Bertz CT molecular complexity index is 750. The molecule has 1 N–H and O–H groups in total. The summed E-state index contributed by atoms with van der Waals surface area (Å²) in [6.07, 6.45) is 0. The van der Waals surface area contributed by atoms with Crippen LogP contribution in [0.1, 0.15) is 17.3 Å². The molecule has 2 rings (SSSR count). The molecule has 0 unspecified atom stereocenters. The maximum atomic E-state index is 12.5. The molecule has 0 aliphatic carbocycles. The Kier molecular flexibility index (Phi) is 6.04. The third-order valence-electron chi connectivity index (χ3n) is 2.58. The molecule has 0 aromatic heterocycles. The van der Waals surface area contributed by atoms with Gasteiger partial charge in [-0.2, -0.15) is 0 Å². The Hall–Kier alpha value is -0.870. The molecule has 0 spiro atoms. The van der Waals surface area contributed by atoms with Crippen LogP contribution >= 0.6 is 56.8 Å². The van der Waals surface area contributed by atoms with Crippen molar-refractivity contribution in [1.82, 2.24) is 0 Å². The van der Waals surface area contributed by atoms with Gasteiger partial charge in [-0.3, -0.25) is 9.59 Å². The van der Waals surface area contributed by atoms with Gasteiger partial charge in [0.25, 0.3) is 5.91 Å². The molecule has 0 atom stereocenters. The van der Waals surface area contributed by atoms with Gasteiger partial charge in [0.1, 0.15) is 0 Å². The maximum absolute atomic E-state index is 12.5. The molecule has 0 fully saturated rings. The number of hydrogen-bond donors (Lipinski definition) is 1. The van der Waals surface area contributed by atoms with Gasteiger partial charge in [-0.05, 0) is 75.5 Å². The first kappa shape index (κ1) is 17.5. The Morgan fingerprint density at radius 2 is 1.91 bits per heavy atom. The van der Waals surface area contributed by atoms with Crippen LogP contribution in [0.2, 0.25) is 5.02 Å². The van der Waals surface area contributed by atoms with Crippen molar-refractivity contribution in [3.63, 3.8) is 0 Å². The van der Waals surface area contributed by atoms with Gasteiger partial charge in [0.15, 0.2) is 5.75 Å². The third-order valence-corrected chi connectivity index (χ3v) is 4.24. The first-order chi connectivity index (χ1) is 10.4. The highest BCUT2D eigenvalue weighted by Gasteiger charge is 2.18. The largest absolute Gasteiger partial charge is 0.425 e. The fourth-order valence-electron chi connectivity index (χ4n) is 1.74. The molecule has 7 heteroatoms. The summed E-state index contributed by atoms with van der Waals surface area (Å²) in [5.41, 5.74) is 0.867. The van der Waals surface area contributed by atoms with E-state index in [1.165, 1.54) is 6.92 Å². The van der Waals surface area contributed by atoms with E-state index in [1.54, 1.807) is 30.3 Å². The summed E-state index contributed by atoms with van der Waals surface area (Å²) < 4.78 is 6.74. The number of benzene rings is 2. The minimum absolute atomic E-state index is 0.257. The van der Waals surface area contributed by atoms with Crippen LogP contribution in [0.4, 0.5) is 5.69 Å². The van der Waals surface area contributed by atoms with E-state index in [2.05, 4.69) is 27.9 Å². The molecule has 0 radical (unpaired) electrons. The molecule has 2 aromatic rings. The SMILES string of the molecule is CC(=O)Oc1c(I)cc(I)cc1C(=O)Nc1cccc(Cl)c1. The maximum Gasteiger partial charge on any atom is 0.308 e. The molecule has 2 aromatic carbocycles. The Labute approximate surface area is 159 Å².